The number of hydrogen-bond acceptors (Lipinski definition) is 3. The van der Waals surface area contributed by atoms with Gasteiger partial charge in [0, 0.05) is 19.6 Å². The minimum Gasteiger partial charge on any atom is -0.381 e. The number of likely N-dealkylation sites (N-methyl/N-ethyl adjacent to an activating group) is 1. The van der Waals surface area contributed by atoms with E-state index < -0.39 is 0 Å². The summed E-state index contributed by atoms with van der Waals surface area (Å²) in [5, 5.41) is 11.8. The van der Waals surface area contributed by atoms with E-state index in [9.17, 15) is 0 Å². The fraction of sp³-hybridized carbons (Fsp3) is 1.00. The molecule has 0 heterocycles. The Hall–Kier alpha value is -0.120. The average molecular weight is 146 g/mol. The van der Waals surface area contributed by atoms with Crippen molar-refractivity contribution in [3.63, 3.8) is 0 Å². The third-order valence-electron chi connectivity index (χ3n) is 1.42. The number of hydrogen-bond donors (Lipinski definition) is 2. The highest BCUT2D eigenvalue weighted by Gasteiger charge is 1.98. The highest BCUT2D eigenvalue weighted by molar-refractivity contribution is 4.52. The summed E-state index contributed by atoms with van der Waals surface area (Å²) in [6.07, 6.45) is 1.10. The second-order valence-corrected chi connectivity index (χ2v) is 2.36. The summed E-state index contributed by atoms with van der Waals surface area (Å²) in [5.74, 6) is 0. The Morgan fingerprint density at radius 2 is 2.10 bits per heavy atom. The van der Waals surface area contributed by atoms with Crippen molar-refractivity contribution in [3.05, 3.63) is 0 Å². The Morgan fingerprint density at radius 1 is 1.40 bits per heavy atom. The van der Waals surface area contributed by atoms with Crippen molar-refractivity contribution >= 4 is 0 Å². The van der Waals surface area contributed by atoms with Crippen molar-refractivity contribution in [2.24, 2.45) is 0 Å². The molecular weight excluding hydrogens is 128 g/mol. The van der Waals surface area contributed by atoms with Crippen LogP contribution in [0.2, 0.25) is 0 Å². The van der Waals surface area contributed by atoms with Crippen LogP contribution in [0.4, 0.5) is 0 Å². The van der Waals surface area contributed by atoms with Crippen LogP contribution in [-0.4, -0.2) is 43.4 Å². The molecule has 0 aromatic carbocycles. The number of rotatable bonds is 6. The lowest BCUT2D eigenvalue weighted by atomic mass is 10.4. The van der Waals surface area contributed by atoms with Crippen molar-refractivity contribution < 1.29 is 5.11 Å². The molecule has 0 unspecified atom stereocenters. The van der Waals surface area contributed by atoms with Crippen molar-refractivity contribution in [2.75, 3.05) is 33.4 Å². The van der Waals surface area contributed by atoms with Gasteiger partial charge in [0.2, 0.25) is 0 Å². The maximum Gasteiger partial charge on any atom is 0.0956 e. The molecule has 0 amide bonds. The largest absolute Gasteiger partial charge is 0.381 e. The summed E-state index contributed by atoms with van der Waals surface area (Å²) >= 11 is 0. The molecule has 62 valence electrons. The minimum absolute atomic E-state index is 0.176. The monoisotopic (exact) mass is 146 g/mol. The van der Waals surface area contributed by atoms with E-state index in [1.165, 1.54) is 0 Å². The fourth-order valence-electron chi connectivity index (χ4n) is 0.839. The Labute approximate surface area is 63.0 Å². The van der Waals surface area contributed by atoms with Crippen LogP contribution in [0.3, 0.4) is 0 Å². The molecule has 0 rings (SSSR count). The van der Waals surface area contributed by atoms with Gasteiger partial charge < -0.3 is 10.4 Å². The van der Waals surface area contributed by atoms with Crippen LogP contribution in [0.5, 0.6) is 0 Å². The smallest absolute Gasteiger partial charge is 0.0956 e. The molecule has 0 aromatic rings. The van der Waals surface area contributed by atoms with E-state index in [0.29, 0.717) is 0 Å². The lowest BCUT2D eigenvalue weighted by Gasteiger charge is -2.17. The number of aliphatic hydroxyl groups is 1. The van der Waals surface area contributed by atoms with Crippen LogP contribution in [0.1, 0.15) is 13.3 Å². The first kappa shape index (κ1) is 9.88. The van der Waals surface area contributed by atoms with Crippen molar-refractivity contribution in [2.45, 2.75) is 13.3 Å². The predicted molar refractivity (Wildman–Crippen MR) is 42.9 cm³/mol. The molecule has 0 aromatic heterocycles. The van der Waals surface area contributed by atoms with Crippen LogP contribution < -0.4 is 5.32 Å². The van der Waals surface area contributed by atoms with E-state index >= 15 is 0 Å². The molecule has 0 atom stereocenters. The summed E-state index contributed by atoms with van der Waals surface area (Å²) in [7, 11) is 1.92. The van der Waals surface area contributed by atoms with E-state index in [4.69, 9.17) is 5.11 Å². The third-order valence-corrected chi connectivity index (χ3v) is 1.42. The molecule has 0 aliphatic rings. The van der Waals surface area contributed by atoms with Crippen LogP contribution in [0, 0.1) is 0 Å². The first-order valence-electron chi connectivity index (χ1n) is 3.83. The highest BCUT2D eigenvalue weighted by atomic mass is 16.3. The van der Waals surface area contributed by atoms with Gasteiger partial charge in [-0.05, 0) is 13.5 Å². The fourth-order valence-corrected chi connectivity index (χ4v) is 0.839. The van der Waals surface area contributed by atoms with Crippen molar-refractivity contribution in [1.82, 2.24) is 10.2 Å². The Bertz CT molecular complexity index is 68.6. The van der Waals surface area contributed by atoms with Gasteiger partial charge in [-0.15, -0.1) is 0 Å². The van der Waals surface area contributed by atoms with E-state index in [0.717, 1.165) is 26.1 Å². The lowest BCUT2D eigenvalue weighted by molar-refractivity contribution is 0.108. The standard InChI is InChI=1S/C7H18N2O/c1-3-5-9(7-10)6-4-8-2/h8,10H,3-7H2,1-2H3. The topological polar surface area (TPSA) is 35.5 Å². The van der Waals surface area contributed by atoms with Gasteiger partial charge in [0.1, 0.15) is 0 Å². The molecule has 0 spiro atoms. The van der Waals surface area contributed by atoms with E-state index in [1.807, 2.05) is 11.9 Å². The maximum absolute atomic E-state index is 8.78. The van der Waals surface area contributed by atoms with Gasteiger partial charge in [-0.25, -0.2) is 0 Å². The molecule has 10 heavy (non-hydrogen) atoms. The molecule has 0 aliphatic carbocycles. The van der Waals surface area contributed by atoms with E-state index in [2.05, 4.69) is 12.2 Å². The van der Waals surface area contributed by atoms with Gasteiger partial charge in [0.15, 0.2) is 0 Å². The molecular formula is C7H18N2O. The summed E-state index contributed by atoms with van der Waals surface area (Å²) in [6, 6.07) is 0. The molecule has 0 fully saturated rings. The lowest BCUT2D eigenvalue weighted by Crippen LogP contribution is -2.32. The molecule has 3 nitrogen and oxygen atoms in total. The second kappa shape index (κ2) is 6.99. The first-order chi connectivity index (χ1) is 4.85. The molecule has 0 aliphatic heterocycles. The SMILES string of the molecule is CCCN(CO)CCNC. The van der Waals surface area contributed by atoms with E-state index in [1.54, 1.807) is 0 Å². The quantitative estimate of drug-likeness (QED) is 0.512. The summed E-state index contributed by atoms with van der Waals surface area (Å²) in [4.78, 5) is 2.01. The normalized spacial score (nSPS) is 10.8. The zero-order valence-corrected chi connectivity index (χ0v) is 6.93. The minimum atomic E-state index is 0.176. The van der Waals surface area contributed by atoms with Gasteiger partial charge in [-0.3, -0.25) is 4.90 Å². The Morgan fingerprint density at radius 3 is 2.50 bits per heavy atom. The second-order valence-electron chi connectivity index (χ2n) is 2.36. The molecule has 0 saturated heterocycles. The number of nitrogens with one attached hydrogen (secondary N) is 1. The van der Waals surface area contributed by atoms with Gasteiger partial charge in [0.05, 0.1) is 6.73 Å². The van der Waals surface area contributed by atoms with Crippen molar-refractivity contribution in [1.29, 1.82) is 0 Å². The van der Waals surface area contributed by atoms with Gasteiger partial charge in [-0.1, -0.05) is 6.92 Å². The zero-order chi connectivity index (χ0) is 7.82. The zero-order valence-electron chi connectivity index (χ0n) is 6.93. The average Bonchev–Trinajstić information content (AvgIpc) is 1.98. The van der Waals surface area contributed by atoms with E-state index in [-0.39, 0.29) is 6.73 Å². The van der Waals surface area contributed by atoms with Gasteiger partial charge >= 0.3 is 0 Å². The molecule has 0 saturated carbocycles. The van der Waals surface area contributed by atoms with Gasteiger partial charge in [-0.2, -0.15) is 0 Å². The van der Waals surface area contributed by atoms with Crippen LogP contribution in [0.15, 0.2) is 0 Å². The molecule has 0 bridgehead atoms. The predicted octanol–water partition coefficient (Wildman–Crippen LogP) is -0.132. The Balaban J connectivity index is 3.21. The summed E-state index contributed by atoms with van der Waals surface area (Å²) < 4.78 is 0. The Kier molecular flexibility index (Phi) is 6.91. The van der Waals surface area contributed by atoms with Crippen LogP contribution >= 0.6 is 0 Å². The maximum atomic E-state index is 8.78. The van der Waals surface area contributed by atoms with Crippen LogP contribution in [-0.2, 0) is 0 Å². The molecule has 2 N–H and O–H groups in total. The van der Waals surface area contributed by atoms with Gasteiger partial charge in [0.25, 0.3) is 0 Å². The number of nitrogens with zero attached hydrogens (tertiary/aromatic N) is 1. The van der Waals surface area contributed by atoms with Crippen LogP contribution in [0.25, 0.3) is 0 Å². The van der Waals surface area contributed by atoms with Crippen molar-refractivity contribution in [3.8, 4) is 0 Å². The first-order valence-corrected chi connectivity index (χ1v) is 3.83. The summed E-state index contributed by atoms with van der Waals surface area (Å²) in [5.41, 5.74) is 0. The number of aliphatic hydroxyl groups excluding tert-OH is 1. The third kappa shape index (κ3) is 4.73. The molecule has 3 heteroatoms. The molecule has 0 radical (unpaired) electrons. The highest BCUT2D eigenvalue weighted by Crippen LogP contribution is 1.86. The summed E-state index contributed by atoms with van der Waals surface area (Å²) in [6.45, 7) is 5.15.